The van der Waals surface area contributed by atoms with Crippen molar-refractivity contribution in [3.8, 4) is 103 Å². The molecule has 2 heterocycles. The Kier molecular flexibility index (Phi) is 9.83. The number of fused-ring (bicyclic) bond motifs is 1. The molecule has 0 radical (unpaired) electrons. The number of rotatable bonds is 8. The number of hydrogen-bond donors (Lipinski definition) is 0. The Labute approximate surface area is 357 Å². The van der Waals surface area contributed by atoms with Gasteiger partial charge in [-0.25, -0.2) is 29.9 Å². The summed E-state index contributed by atoms with van der Waals surface area (Å²) < 4.78 is 0. The second-order valence-electron chi connectivity index (χ2n) is 14.5. The van der Waals surface area contributed by atoms with Crippen LogP contribution in [0, 0.1) is 22.7 Å². The summed E-state index contributed by atoms with van der Waals surface area (Å²) in [5, 5.41) is 23.3. The van der Waals surface area contributed by atoms with Crippen molar-refractivity contribution in [2.24, 2.45) is 0 Å². The molecule has 0 amide bonds. The Morgan fingerprint density at radius 2 is 0.581 bits per heavy atom. The lowest BCUT2D eigenvalue weighted by Crippen LogP contribution is -2.01. The van der Waals surface area contributed by atoms with Crippen molar-refractivity contribution in [2.75, 3.05) is 0 Å². The van der Waals surface area contributed by atoms with Gasteiger partial charge in [-0.15, -0.1) is 0 Å². The van der Waals surface area contributed by atoms with Crippen LogP contribution in [0.15, 0.2) is 194 Å². The topological polar surface area (TPSA) is 125 Å². The van der Waals surface area contributed by atoms with Gasteiger partial charge in [-0.2, -0.15) is 10.5 Å². The normalized spacial score (nSPS) is 10.9. The van der Waals surface area contributed by atoms with Crippen molar-refractivity contribution in [1.82, 2.24) is 29.9 Å². The fourth-order valence-corrected chi connectivity index (χ4v) is 7.69. The maximum absolute atomic E-state index is 10.7. The van der Waals surface area contributed by atoms with Gasteiger partial charge in [0.2, 0.25) is 0 Å². The van der Waals surface area contributed by atoms with Gasteiger partial charge in [-0.1, -0.05) is 182 Å². The molecule has 2 aromatic heterocycles. The molecule has 0 atom stereocenters. The highest BCUT2D eigenvalue weighted by molar-refractivity contribution is 6.08. The molecule has 0 fully saturated rings. The summed E-state index contributed by atoms with van der Waals surface area (Å²) in [6, 6.07) is 67.7. The standard InChI is InChI=1S/C54H32N8/c55-33-42-31-40(53-59-49(36-15-5-1-6-16-36)57-50(60-53)37-17-7-2-8-18-37)27-29-44(42)46-25-13-23-35-24-14-26-47(48(35)46)45-30-28-41(32-43(45)34-56)54-61-51(38-19-9-3-10-20-38)58-52(62-54)39-21-11-4-12-22-39/h1-32H. The zero-order chi connectivity index (χ0) is 41.8. The summed E-state index contributed by atoms with van der Waals surface area (Å²) >= 11 is 0. The van der Waals surface area contributed by atoms with Gasteiger partial charge < -0.3 is 0 Å². The Hall–Kier alpha value is -8.98. The van der Waals surface area contributed by atoms with E-state index in [1.165, 1.54) is 0 Å². The second-order valence-corrected chi connectivity index (χ2v) is 14.5. The lowest BCUT2D eigenvalue weighted by atomic mass is 9.87. The van der Waals surface area contributed by atoms with E-state index in [0.717, 1.165) is 55.3 Å². The van der Waals surface area contributed by atoms with Crippen LogP contribution in [-0.4, -0.2) is 29.9 Å². The molecule has 0 aliphatic rings. The van der Waals surface area contributed by atoms with Crippen LogP contribution in [0.4, 0.5) is 0 Å². The van der Waals surface area contributed by atoms with Crippen molar-refractivity contribution in [1.29, 1.82) is 10.5 Å². The molecule has 0 N–H and O–H groups in total. The third-order valence-corrected chi connectivity index (χ3v) is 10.7. The summed E-state index contributed by atoms with van der Waals surface area (Å²) in [7, 11) is 0. The number of aromatic nitrogens is 6. The van der Waals surface area contributed by atoms with E-state index in [0.29, 0.717) is 57.2 Å². The van der Waals surface area contributed by atoms with Gasteiger partial charge in [0.05, 0.1) is 23.3 Å². The first kappa shape index (κ1) is 37.3. The van der Waals surface area contributed by atoms with E-state index in [4.69, 9.17) is 29.9 Å². The molecule has 10 aromatic rings. The van der Waals surface area contributed by atoms with Gasteiger partial charge in [0.15, 0.2) is 34.9 Å². The van der Waals surface area contributed by atoms with Gasteiger partial charge in [0.25, 0.3) is 0 Å². The van der Waals surface area contributed by atoms with E-state index in [2.05, 4.69) is 12.1 Å². The van der Waals surface area contributed by atoms with E-state index in [9.17, 15) is 10.5 Å². The summed E-state index contributed by atoms with van der Waals surface area (Å²) in [5.41, 5.74) is 8.96. The summed E-state index contributed by atoms with van der Waals surface area (Å²) in [4.78, 5) is 29.2. The molecule has 0 spiro atoms. The van der Waals surface area contributed by atoms with E-state index in [1.807, 2.05) is 194 Å². The second kappa shape index (κ2) is 16.3. The Morgan fingerprint density at radius 3 is 0.887 bits per heavy atom. The van der Waals surface area contributed by atoms with Crippen LogP contribution in [0.3, 0.4) is 0 Å². The maximum Gasteiger partial charge on any atom is 0.164 e. The van der Waals surface area contributed by atoms with Crippen molar-refractivity contribution in [2.45, 2.75) is 0 Å². The van der Waals surface area contributed by atoms with Crippen LogP contribution in [0.2, 0.25) is 0 Å². The summed E-state index contributed by atoms with van der Waals surface area (Å²) in [6.07, 6.45) is 0. The molecule has 8 heteroatoms. The minimum Gasteiger partial charge on any atom is -0.208 e. The minimum absolute atomic E-state index is 0.460. The predicted molar refractivity (Wildman–Crippen MR) is 244 cm³/mol. The molecule has 62 heavy (non-hydrogen) atoms. The molecule has 0 aliphatic heterocycles. The highest BCUT2D eigenvalue weighted by Gasteiger charge is 2.20. The molecule has 0 unspecified atom stereocenters. The van der Waals surface area contributed by atoms with Gasteiger partial charge in [-0.3, -0.25) is 0 Å². The zero-order valence-corrected chi connectivity index (χ0v) is 33.1. The third-order valence-electron chi connectivity index (χ3n) is 10.7. The fourth-order valence-electron chi connectivity index (χ4n) is 7.69. The largest absolute Gasteiger partial charge is 0.208 e. The SMILES string of the molecule is N#Cc1cc(-c2nc(-c3ccccc3)nc(-c3ccccc3)n2)ccc1-c1cccc2cccc(-c3ccc(-c4nc(-c5ccccc5)nc(-c5ccccc5)n4)cc3C#N)c12. The average molecular weight is 793 g/mol. The quantitative estimate of drug-likeness (QED) is 0.149. The minimum atomic E-state index is 0.460. The van der Waals surface area contributed by atoms with Gasteiger partial charge in [-0.05, 0) is 34.0 Å². The van der Waals surface area contributed by atoms with Crippen LogP contribution in [0.25, 0.3) is 101 Å². The van der Waals surface area contributed by atoms with Gasteiger partial charge >= 0.3 is 0 Å². The van der Waals surface area contributed by atoms with Crippen LogP contribution < -0.4 is 0 Å². The van der Waals surface area contributed by atoms with E-state index < -0.39 is 0 Å². The zero-order valence-electron chi connectivity index (χ0n) is 33.1. The predicted octanol–water partition coefficient (Wildman–Crippen LogP) is 12.3. The lowest BCUT2D eigenvalue weighted by molar-refractivity contribution is 1.07. The molecular formula is C54H32N8. The first-order valence-corrected chi connectivity index (χ1v) is 20.0. The molecule has 288 valence electrons. The highest BCUT2D eigenvalue weighted by Crippen LogP contribution is 2.40. The maximum atomic E-state index is 10.7. The van der Waals surface area contributed by atoms with Gasteiger partial charge in [0, 0.05) is 44.5 Å². The van der Waals surface area contributed by atoms with Gasteiger partial charge in [0.1, 0.15) is 0 Å². The van der Waals surface area contributed by atoms with E-state index in [-0.39, 0.29) is 0 Å². The third kappa shape index (κ3) is 7.21. The molecule has 0 saturated heterocycles. The lowest BCUT2D eigenvalue weighted by Gasteiger charge is -2.16. The van der Waals surface area contributed by atoms with E-state index in [1.54, 1.807) is 0 Å². The Bertz CT molecular complexity index is 3020. The molecule has 8 aromatic carbocycles. The monoisotopic (exact) mass is 792 g/mol. The van der Waals surface area contributed by atoms with Crippen LogP contribution in [0.5, 0.6) is 0 Å². The Morgan fingerprint density at radius 1 is 0.274 bits per heavy atom. The fraction of sp³-hybridized carbons (Fsp3) is 0. The van der Waals surface area contributed by atoms with Crippen molar-refractivity contribution in [3.63, 3.8) is 0 Å². The number of nitriles is 2. The average Bonchev–Trinajstić information content (AvgIpc) is 3.36. The molecule has 10 rings (SSSR count). The molecule has 8 nitrogen and oxygen atoms in total. The van der Waals surface area contributed by atoms with Crippen molar-refractivity contribution >= 4 is 10.8 Å². The number of hydrogen-bond acceptors (Lipinski definition) is 8. The first-order chi connectivity index (χ1) is 30.6. The Balaban J connectivity index is 1.08. The first-order valence-electron chi connectivity index (χ1n) is 20.0. The van der Waals surface area contributed by atoms with Crippen molar-refractivity contribution in [3.05, 3.63) is 205 Å². The van der Waals surface area contributed by atoms with Crippen LogP contribution >= 0.6 is 0 Å². The molecular weight excluding hydrogens is 761 g/mol. The van der Waals surface area contributed by atoms with E-state index >= 15 is 0 Å². The van der Waals surface area contributed by atoms with Crippen LogP contribution in [0.1, 0.15) is 11.1 Å². The highest BCUT2D eigenvalue weighted by atomic mass is 15.0. The summed E-state index contributed by atoms with van der Waals surface area (Å²) in [5.74, 6) is 3.08. The molecule has 0 bridgehead atoms. The smallest absolute Gasteiger partial charge is 0.164 e. The molecule has 0 saturated carbocycles. The number of benzene rings is 8. The van der Waals surface area contributed by atoms with Crippen LogP contribution in [-0.2, 0) is 0 Å². The molecule has 0 aliphatic carbocycles. The summed E-state index contributed by atoms with van der Waals surface area (Å²) in [6.45, 7) is 0. The van der Waals surface area contributed by atoms with Crippen molar-refractivity contribution < 1.29 is 0 Å². The number of nitrogens with zero attached hydrogens (tertiary/aromatic N) is 8.